The SMILES string of the molecule is CCN(CC)CCCCNC(=NC)NCc1ccc(CN(C)C(=O)OC(C)(C)C)cc1. The summed E-state index contributed by atoms with van der Waals surface area (Å²) in [7, 11) is 3.54. The van der Waals surface area contributed by atoms with Crippen molar-refractivity contribution >= 4 is 12.1 Å². The second-order valence-corrected chi connectivity index (χ2v) is 8.74. The van der Waals surface area contributed by atoms with Gasteiger partial charge in [0, 0.05) is 33.7 Å². The Hall–Kier alpha value is -2.28. The van der Waals surface area contributed by atoms with Crippen LogP contribution >= 0.6 is 0 Å². The zero-order chi connectivity index (χ0) is 23.3. The summed E-state index contributed by atoms with van der Waals surface area (Å²) in [4.78, 5) is 20.4. The molecule has 0 aliphatic heterocycles. The Balaban J connectivity index is 2.37. The molecule has 1 rings (SSSR count). The Kier molecular flexibility index (Phi) is 12.0. The Morgan fingerprint density at radius 2 is 1.65 bits per heavy atom. The van der Waals surface area contributed by atoms with E-state index in [1.807, 2.05) is 32.9 Å². The van der Waals surface area contributed by atoms with Crippen LogP contribution in [0.15, 0.2) is 29.3 Å². The highest BCUT2D eigenvalue weighted by atomic mass is 16.6. The van der Waals surface area contributed by atoms with Crippen LogP contribution in [0.25, 0.3) is 0 Å². The van der Waals surface area contributed by atoms with Crippen molar-refractivity contribution in [2.24, 2.45) is 4.99 Å². The highest BCUT2D eigenvalue weighted by molar-refractivity contribution is 5.79. The van der Waals surface area contributed by atoms with E-state index in [1.54, 1.807) is 19.0 Å². The Bertz CT molecular complexity index is 664. The number of guanidine groups is 1. The van der Waals surface area contributed by atoms with Gasteiger partial charge in [-0.1, -0.05) is 38.1 Å². The largest absolute Gasteiger partial charge is 0.444 e. The second-order valence-electron chi connectivity index (χ2n) is 8.74. The van der Waals surface area contributed by atoms with Crippen LogP contribution in [-0.4, -0.2) is 67.7 Å². The Morgan fingerprint density at radius 3 is 2.19 bits per heavy atom. The van der Waals surface area contributed by atoms with Crippen molar-refractivity contribution in [3.63, 3.8) is 0 Å². The van der Waals surface area contributed by atoms with Crippen molar-refractivity contribution in [1.29, 1.82) is 0 Å². The van der Waals surface area contributed by atoms with Crippen LogP contribution in [-0.2, 0) is 17.8 Å². The predicted molar refractivity (Wildman–Crippen MR) is 129 cm³/mol. The van der Waals surface area contributed by atoms with Crippen molar-refractivity contribution < 1.29 is 9.53 Å². The molecule has 0 aliphatic rings. The van der Waals surface area contributed by atoms with Gasteiger partial charge in [0.1, 0.15) is 5.60 Å². The fraction of sp³-hybridized carbons (Fsp3) is 0.667. The lowest BCUT2D eigenvalue weighted by Crippen LogP contribution is -2.37. The summed E-state index contributed by atoms with van der Waals surface area (Å²) in [6.07, 6.45) is 1.99. The monoisotopic (exact) mass is 433 g/mol. The topological polar surface area (TPSA) is 69.2 Å². The third-order valence-electron chi connectivity index (χ3n) is 4.92. The van der Waals surface area contributed by atoms with Gasteiger partial charge in [-0.25, -0.2) is 4.79 Å². The molecular formula is C24H43N5O2. The van der Waals surface area contributed by atoms with Crippen LogP contribution in [0.4, 0.5) is 4.79 Å². The number of ether oxygens (including phenoxy) is 1. The Labute approximate surface area is 189 Å². The van der Waals surface area contributed by atoms with Crippen molar-refractivity contribution in [2.75, 3.05) is 40.3 Å². The molecule has 7 nitrogen and oxygen atoms in total. The molecule has 0 unspecified atom stereocenters. The summed E-state index contributed by atoms with van der Waals surface area (Å²) >= 11 is 0. The number of hydrogen-bond donors (Lipinski definition) is 2. The standard InChI is InChI=1S/C24H43N5O2/c1-8-29(9-2)17-11-10-16-26-22(25-6)27-18-20-12-14-21(15-13-20)19-28(7)23(30)31-24(3,4)5/h12-15H,8-11,16-19H2,1-7H3,(H2,25,26,27). The average Bonchev–Trinajstić information content (AvgIpc) is 2.72. The molecule has 0 saturated heterocycles. The summed E-state index contributed by atoms with van der Waals surface area (Å²) in [5.41, 5.74) is 1.74. The molecule has 0 saturated carbocycles. The maximum absolute atomic E-state index is 12.1. The predicted octanol–water partition coefficient (Wildman–Crippen LogP) is 3.84. The highest BCUT2D eigenvalue weighted by Crippen LogP contribution is 2.12. The third-order valence-corrected chi connectivity index (χ3v) is 4.92. The smallest absolute Gasteiger partial charge is 0.410 e. The number of unbranched alkanes of at least 4 members (excludes halogenated alkanes) is 1. The molecule has 0 atom stereocenters. The molecule has 0 aromatic heterocycles. The van der Waals surface area contributed by atoms with Crippen LogP contribution in [0.2, 0.25) is 0 Å². The molecule has 0 spiro atoms. The Morgan fingerprint density at radius 1 is 1.03 bits per heavy atom. The van der Waals surface area contributed by atoms with Gasteiger partial charge < -0.3 is 25.2 Å². The number of nitrogens with one attached hydrogen (secondary N) is 2. The van der Waals surface area contributed by atoms with Gasteiger partial charge in [0.15, 0.2) is 5.96 Å². The van der Waals surface area contributed by atoms with E-state index in [-0.39, 0.29) is 6.09 Å². The summed E-state index contributed by atoms with van der Waals surface area (Å²) < 4.78 is 5.40. The van der Waals surface area contributed by atoms with Crippen molar-refractivity contribution in [2.45, 2.75) is 66.2 Å². The minimum absolute atomic E-state index is 0.315. The van der Waals surface area contributed by atoms with Crippen LogP contribution in [0, 0.1) is 0 Å². The van der Waals surface area contributed by atoms with Gasteiger partial charge in [-0.15, -0.1) is 0 Å². The van der Waals surface area contributed by atoms with Crippen molar-refractivity contribution in [3.05, 3.63) is 35.4 Å². The van der Waals surface area contributed by atoms with Crippen LogP contribution < -0.4 is 10.6 Å². The molecule has 2 N–H and O–H groups in total. The van der Waals surface area contributed by atoms with Crippen molar-refractivity contribution in [1.82, 2.24) is 20.4 Å². The first kappa shape index (κ1) is 26.8. The van der Waals surface area contributed by atoms with Gasteiger partial charge >= 0.3 is 6.09 Å². The van der Waals surface area contributed by atoms with Gasteiger partial charge in [0.05, 0.1) is 0 Å². The lowest BCUT2D eigenvalue weighted by atomic mass is 10.1. The molecule has 0 bridgehead atoms. The first-order chi connectivity index (χ1) is 14.7. The lowest BCUT2D eigenvalue weighted by Gasteiger charge is -2.24. The number of hydrogen-bond acceptors (Lipinski definition) is 4. The molecular weight excluding hydrogens is 390 g/mol. The first-order valence-electron chi connectivity index (χ1n) is 11.4. The quantitative estimate of drug-likeness (QED) is 0.315. The molecule has 0 radical (unpaired) electrons. The van der Waals surface area contributed by atoms with Gasteiger partial charge in [0.2, 0.25) is 0 Å². The maximum Gasteiger partial charge on any atom is 0.410 e. The summed E-state index contributed by atoms with van der Waals surface area (Å²) in [6, 6.07) is 8.23. The van der Waals surface area contributed by atoms with E-state index in [0.717, 1.165) is 49.7 Å². The summed E-state index contributed by atoms with van der Waals surface area (Å²) in [6.45, 7) is 15.5. The zero-order valence-corrected chi connectivity index (χ0v) is 20.6. The van der Waals surface area contributed by atoms with Crippen LogP contribution in [0.1, 0.15) is 58.6 Å². The zero-order valence-electron chi connectivity index (χ0n) is 20.6. The maximum atomic E-state index is 12.1. The van der Waals surface area contributed by atoms with E-state index < -0.39 is 5.60 Å². The molecule has 1 aromatic rings. The number of nitrogens with zero attached hydrogens (tertiary/aromatic N) is 3. The fourth-order valence-electron chi connectivity index (χ4n) is 3.05. The number of rotatable bonds is 11. The number of aliphatic imine (C=N–C) groups is 1. The molecule has 7 heteroatoms. The average molecular weight is 434 g/mol. The van der Waals surface area contributed by atoms with E-state index in [4.69, 9.17) is 4.74 Å². The van der Waals surface area contributed by atoms with E-state index in [1.165, 1.54) is 6.42 Å². The van der Waals surface area contributed by atoms with Gasteiger partial charge in [-0.2, -0.15) is 0 Å². The highest BCUT2D eigenvalue weighted by Gasteiger charge is 2.19. The summed E-state index contributed by atoms with van der Waals surface area (Å²) in [5, 5.41) is 6.74. The van der Waals surface area contributed by atoms with Crippen molar-refractivity contribution in [3.8, 4) is 0 Å². The minimum atomic E-state index is -0.487. The van der Waals surface area contributed by atoms with E-state index in [9.17, 15) is 4.79 Å². The molecule has 0 heterocycles. The minimum Gasteiger partial charge on any atom is -0.444 e. The van der Waals surface area contributed by atoms with Gasteiger partial charge in [-0.3, -0.25) is 4.99 Å². The van der Waals surface area contributed by atoms with Gasteiger partial charge in [-0.05, 0) is 64.4 Å². The second kappa shape index (κ2) is 13.9. The molecule has 0 aliphatic carbocycles. The van der Waals surface area contributed by atoms with Crippen LogP contribution in [0.5, 0.6) is 0 Å². The lowest BCUT2D eigenvalue weighted by molar-refractivity contribution is 0.0285. The molecule has 31 heavy (non-hydrogen) atoms. The number of amides is 1. The summed E-state index contributed by atoms with van der Waals surface area (Å²) in [5.74, 6) is 0.816. The molecule has 1 aromatic carbocycles. The molecule has 176 valence electrons. The fourth-order valence-corrected chi connectivity index (χ4v) is 3.05. The van der Waals surface area contributed by atoms with Crippen LogP contribution in [0.3, 0.4) is 0 Å². The molecule has 0 fully saturated rings. The normalized spacial score (nSPS) is 12.1. The number of benzene rings is 1. The first-order valence-corrected chi connectivity index (χ1v) is 11.4. The number of carbonyl (C=O) groups is 1. The van der Waals surface area contributed by atoms with E-state index in [0.29, 0.717) is 13.1 Å². The van der Waals surface area contributed by atoms with E-state index >= 15 is 0 Å². The third kappa shape index (κ3) is 11.6. The van der Waals surface area contributed by atoms with Gasteiger partial charge in [0.25, 0.3) is 0 Å². The molecule has 1 amide bonds. The number of carbonyl (C=O) groups excluding carboxylic acids is 1. The van der Waals surface area contributed by atoms with E-state index in [2.05, 4.69) is 46.5 Å².